The van der Waals surface area contributed by atoms with Crippen LogP contribution < -0.4 is 22.5 Å². The van der Waals surface area contributed by atoms with Crippen molar-refractivity contribution in [2.45, 2.75) is 59.4 Å². The number of nitrogens with two attached hydrogens (primary N) is 3. The van der Waals surface area contributed by atoms with E-state index in [1.165, 1.54) is 19.3 Å². The fraction of sp³-hybridized carbons (Fsp3) is 0.857. The molecule has 0 aromatic rings. The van der Waals surface area contributed by atoms with Crippen LogP contribution in [-0.2, 0) is 4.79 Å². The van der Waals surface area contributed by atoms with Crippen LogP contribution in [0.2, 0.25) is 0 Å². The molecular weight excluding hydrogens is 254 g/mol. The molecule has 0 heterocycles. The number of carbonyl (C=O) groups excluding carboxylic acids is 1. The lowest BCUT2D eigenvalue weighted by molar-refractivity contribution is -0.118. The lowest BCUT2D eigenvalue weighted by atomic mass is 10.2. The molecule has 20 heavy (non-hydrogen) atoms. The molecule has 0 aliphatic heterocycles. The van der Waals surface area contributed by atoms with Crippen LogP contribution in [0.4, 0.5) is 0 Å². The summed E-state index contributed by atoms with van der Waals surface area (Å²) in [4.78, 5) is 14.0. The van der Waals surface area contributed by atoms with Gasteiger partial charge in [0.25, 0.3) is 0 Å². The first-order chi connectivity index (χ1) is 9.37. The van der Waals surface area contributed by atoms with E-state index in [-0.39, 0.29) is 20.6 Å². The number of nitrogens with one attached hydrogen (secondary N) is 1. The molecule has 6 heteroatoms. The van der Waals surface area contributed by atoms with Gasteiger partial charge in [0, 0.05) is 9.40 Å². The number of Topliss-reactive ketones (excluding diaryl/α,β-unsaturated/α-hetero) is 1. The van der Waals surface area contributed by atoms with Crippen molar-refractivity contribution < 1.29 is 7.65 Å². The largest absolute Gasteiger partial charge is 0.370 e. The second-order valence-electron chi connectivity index (χ2n) is 4.42. The third-order valence-electron chi connectivity index (χ3n) is 2.37. The highest BCUT2D eigenvalue weighted by atomic mass is 16.1. The van der Waals surface area contributed by atoms with Crippen molar-refractivity contribution in [2.75, 3.05) is 20.1 Å². The zero-order chi connectivity index (χ0) is 16.4. The number of ketones is 1. The molecule has 6 nitrogen and oxygen atoms in total. The number of rotatable bonds is 7. The molecule has 0 aliphatic carbocycles. The van der Waals surface area contributed by atoms with Gasteiger partial charge in [-0.1, -0.05) is 26.7 Å². The van der Waals surface area contributed by atoms with Crippen LogP contribution in [0.5, 0.6) is 0 Å². The van der Waals surface area contributed by atoms with Crippen molar-refractivity contribution in [3.05, 3.63) is 0 Å². The standard InChI is InChI=1S/C5H11NO.C5H13N.C4H11N3.2H2/c1-4(6-3)5(2)7;1-2-3-4-5-6;1-2-3-7-4(5)6;;/h4,6H,1-3H3;2-6H2,1H3;2-3H2,1H3,(H4,5,6,7);2*1H. The molecule has 1 atom stereocenters. The molecular formula is C14H39N5O. The first-order valence-electron chi connectivity index (χ1n) is 7.30. The van der Waals surface area contributed by atoms with E-state index in [0.29, 0.717) is 0 Å². The number of nitrogens with zero attached hydrogens (tertiary/aromatic N) is 1. The number of hydrogen-bond donors (Lipinski definition) is 4. The quantitative estimate of drug-likeness (QED) is 0.322. The summed E-state index contributed by atoms with van der Waals surface area (Å²) in [7, 11) is 1.77. The zero-order valence-electron chi connectivity index (χ0n) is 13.9. The molecule has 0 aromatic heterocycles. The summed E-state index contributed by atoms with van der Waals surface area (Å²) in [5.74, 6) is 0.365. The predicted octanol–water partition coefficient (Wildman–Crippen LogP) is 1.48. The number of aliphatic imine (C=N–C) groups is 1. The monoisotopic (exact) mass is 293 g/mol. The van der Waals surface area contributed by atoms with Gasteiger partial charge < -0.3 is 22.5 Å². The number of hydrogen-bond acceptors (Lipinski definition) is 4. The van der Waals surface area contributed by atoms with Gasteiger partial charge in [0.2, 0.25) is 0 Å². The fourth-order valence-electron chi connectivity index (χ4n) is 0.839. The summed E-state index contributed by atoms with van der Waals surface area (Å²) in [6.07, 6.45) is 4.75. The van der Waals surface area contributed by atoms with E-state index in [2.05, 4.69) is 17.2 Å². The number of likely N-dealkylation sites (N-methyl/N-ethyl adjacent to an activating group) is 1. The van der Waals surface area contributed by atoms with E-state index in [1.54, 1.807) is 14.0 Å². The van der Waals surface area contributed by atoms with E-state index < -0.39 is 0 Å². The van der Waals surface area contributed by atoms with Crippen LogP contribution in [0, 0.1) is 0 Å². The molecule has 0 spiro atoms. The minimum absolute atomic E-state index is 0. The number of carbonyl (C=O) groups is 1. The lowest BCUT2D eigenvalue weighted by Crippen LogP contribution is -2.28. The Balaban J connectivity index is -0.0000000630. The van der Waals surface area contributed by atoms with Gasteiger partial charge in [-0.05, 0) is 40.3 Å². The Kier molecular flexibility index (Phi) is 24.1. The summed E-state index contributed by atoms with van der Waals surface area (Å²) < 4.78 is 0. The maximum atomic E-state index is 10.3. The van der Waals surface area contributed by atoms with Gasteiger partial charge in [0.1, 0.15) is 5.78 Å². The molecule has 126 valence electrons. The maximum absolute atomic E-state index is 10.3. The van der Waals surface area contributed by atoms with Crippen molar-refractivity contribution in [2.24, 2.45) is 22.2 Å². The highest BCUT2D eigenvalue weighted by Crippen LogP contribution is 1.88. The van der Waals surface area contributed by atoms with Crippen molar-refractivity contribution in [1.82, 2.24) is 5.32 Å². The Morgan fingerprint density at radius 2 is 1.80 bits per heavy atom. The van der Waals surface area contributed by atoms with Gasteiger partial charge >= 0.3 is 0 Å². The minimum atomic E-state index is 0. The first-order valence-corrected chi connectivity index (χ1v) is 7.30. The minimum Gasteiger partial charge on any atom is -0.370 e. The van der Waals surface area contributed by atoms with Gasteiger partial charge in [-0.15, -0.1) is 0 Å². The molecule has 1 unspecified atom stereocenters. The Labute approximate surface area is 127 Å². The highest BCUT2D eigenvalue weighted by Gasteiger charge is 2.00. The van der Waals surface area contributed by atoms with Crippen LogP contribution in [0.1, 0.15) is 56.2 Å². The maximum Gasteiger partial charge on any atom is 0.185 e. The molecule has 0 aliphatic rings. The van der Waals surface area contributed by atoms with Crippen LogP contribution in [0.15, 0.2) is 4.99 Å². The first kappa shape index (κ1) is 23.9. The summed E-state index contributed by atoms with van der Waals surface area (Å²) in [5, 5.41) is 2.81. The van der Waals surface area contributed by atoms with Crippen molar-refractivity contribution >= 4 is 11.7 Å². The van der Waals surface area contributed by atoms with E-state index in [4.69, 9.17) is 17.2 Å². The van der Waals surface area contributed by atoms with Crippen molar-refractivity contribution in [3.63, 3.8) is 0 Å². The molecule has 0 saturated heterocycles. The summed E-state index contributed by atoms with van der Waals surface area (Å²) in [6.45, 7) is 9.20. The lowest BCUT2D eigenvalue weighted by Gasteiger charge is -2.01. The van der Waals surface area contributed by atoms with Gasteiger partial charge in [0.05, 0.1) is 6.04 Å². The average Bonchev–Trinajstić information content (AvgIpc) is 2.43. The summed E-state index contributed by atoms with van der Waals surface area (Å²) >= 11 is 0. The van der Waals surface area contributed by atoms with E-state index in [1.807, 2.05) is 13.8 Å². The smallest absolute Gasteiger partial charge is 0.185 e. The second kappa shape index (κ2) is 20.2. The fourth-order valence-corrected chi connectivity index (χ4v) is 0.839. The van der Waals surface area contributed by atoms with E-state index in [0.717, 1.165) is 19.5 Å². The van der Waals surface area contributed by atoms with Crippen LogP contribution >= 0.6 is 0 Å². The van der Waals surface area contributed by atoms with Gasteiger partial charge in [0.15, 0.2) is 5.96 Å². The molecule has 7 N–H and O–H groups in total. The third kappa shape index (κ3) is 30.2. The summed E-state index contributed by atoms with van der Waals surface area (Å²) in [5.41, 5.74) is 15.2. The van der Waals surface area contributed by atoms with Crippen LogP contribution in [-0.4, -0.2) is 37.9 Å². The van der Waals surface area contributed by atoms with Crippen LogP contribution in [0.3, 0.4) is 0 Å². The Bertz CT molecular complexity index is 233. The molecule has 0 radical (unpaired) electrons. The zero-order valence-corrected chi connectivity index (χ0v) is 13.9. The second-order valence-corrected chi connectivity index (χ2v) is 4.42. The topological polar surface area (TPSA) is 120 Å². The predicted molar refractivity (Wildman–Crippen MR) is 93.0 cm³/mol. The van der Waals surface area contributed by atoms with Gasteiger partial charge in [-0.25, -0.2) is 0 Å². The number of guanidine groups is 1. The van der Waals surface area contributed by atoms with E-state index in [9.17, 15) is 4.79 Å². The molecule has 0 amide bonds. The summed E-state index contributed by atoms with van der Waals surface area (Å²) in [6, 6.07) is 0.0139. The molecule has 0 aromatic carbocycles. The normalized spacial score (nSPS) is 10.3. The van der Waals surface area contributed by atoms with Gasteiger partial charge in [-0.3, -0.25) is 9.79 Å². The average molecular weight is 294 g/mol. The van der Waals surface area contributed by atoms with E-state index >= 15 is 0 Å². The SMILES string of the molecule is CCCCCN.CCCN=C(N)N.CNC(C)C(C)=O.[HH].[HH]. The van der Waals surface area contributed by atoms with Crippen LogP contribution in [0.25, 0.3) is 0 Å². The van der Waals surface area contributed by atoms with Gasteiger partial charge in [-0.2, -0.15) is 0 Å². The number of unbranched alkanes of at least 4 members (excludes halogenated alkanes) is 2. The molecule has 0 saturated carbocycles. The third-order valence-corrected chi connectivity index (χ3v) is 2.37. The molecule has 0 fully saturated rings. The Morgan fingerprint density at radius 3 is 1.90 bits per heavy atom. The Hall–Kier alpha value is -1.14. The molecule has 0 rings (SSSR count). The highest BCUT2D eigenvalue weighted by molar-refractivity contribution is 5.80. The Morgan fingerprint density at radius 1 is 1.25 bits per heavy atom. The van der Waals surface area contributed by atoms with Crippen molar-refractivity contribution in [1.29, 1.82) is 0 Å². The molecule has 0 bridgehead atoms. The van der Waals surface area contributed by atoms with Crippen molar-refractivity contribution in [3.8, 4) is 0 Å².